The summed E-state index contributed by atoms with van der Waals surface area (Å²) in [5.74, 6) is -0.393. The first-order valence-corrected chi connectivity index (χ1v) is 10.7. The van der Waals surface area contributed by atoms with Crippen molar-refractivity contribution < 1.29 is 28.7 Å². The van der Waals surface area contributed by atoms with Gasteiger partial charge in [-0.2, -0.15) is 0 Å². The van der Waals surface area contributed by atoms with Gasteiger partial charge in [-0.25, -0.2) is 0 Å². The van der Waals surface area contributed by atoms with E-state index in [1.165, 1.54) is 14.2 Å². The van der Waals surface area contributed by atoms with E-state index >= 15 is 0 Å². The van der Waals surface area contributed by atoms with Crippen molar-refractivity contribution in [1.29, 1.82) is 0 Å². The Morgan fingerprint density at radius 2 is 1.55 bits per heavy atom. The molecule has 33 heavy (non-hydrogen) atoms. The summed E-state index contributed by atoms with van der Waals surface area (Å²) in [7, 11) is 3.05. The van der Waals surface area contributed by atoms with Gasteiger partial charge in [0.15, 0.2) is 11.5 Å². The Hall–Kier alpha value is -3.88. The van der Waals surface area contributed by atoms with Crippen molar-refractivity contribution in [2.45, 2.75) is 18.9 Å². The molecule has 2 aromatic carbocycles. The summed E-state index contributed by atoms with van der Waals surface area (Å²) in [6, 6.07) is 11.4. The average Bonchev–Trinajstić information content (AvgIpc) is 3.08. The number of nitrogens with one attached hydrogen (secondary N) is 1. The third-order valence-electron chi connectivity index (χ3n) is 5.96. The van der Waals surface area contributed by atoms with Crippen LogP contribution in [0.5, 0.6) is 11.5 Å². The number of benzene rings is 2. The average molecular weight is 451 g/mol. The number of nitrogens with zero attached hydrogens (tertiary/aromatic N) is 2. The van der Waals surface area contributed by atoms with Crippen LogP contribution in [0.1, 0.15) is 43.9 Å². The maximum atomic E-state index is 12.9. The van der Waals surface area contributed by atoms with Crippen LogP contribution >= 0.6 is 0 Å². The van der Waals surface area contributed by atoms with Crippen LogP contribution in [0.2, 0.25) is 0 Å². The molecular formula is C24H25N3O6. The minimum absolute atomic E-state index is 0.119. The topological polar surface area (TPSA) is 105 Å². The molecule has 2 aliphatic heterocycles. The van der Waals surface area contributed by atoms with Gasteiger partial charge in [-0.05, 0) is 43.2 Å². The van der Waals surface area contributed by atoms with Gasteiger partial charge in [-0.1, -0.05) is 12.1 Å². The molecule has 4 rings (SSSR count). The SMILES string of the molecule is COc1ccc(C(=O)N2CCC(NC(=O)CN3C(=O)c4ccccc4C3=O)CC2)cc1OC. The van der Waals surface area contributed by atoms with Crippen LogP contribution in [0, 0.1) is 0 Å². The number of carbonyl (C=O) groups excluding carboxylic acids is 4. The van der Waals surface area contributed by atoms with Gasteiger partial charge in [0.2, 0.25) is 5.91 Å². The Kier molecular flexibility index (Phi) is 6.30. The van der Waals surface area contributed by atoms with Crippen molar-refractivity contribution in [3.05, 3.63) is 59.2 Å². The third-order valence-corrected chi connectivity index (χ3v) is 5.96. The molecule has 2 aliphatic rings. The van der Waals surface area contributed by atoms with Gasteiger partial charge >= 0.3 is 0 Å². The van der Waals surface area contributed by atoms with Crippen molar-refractivity contribution in [1.82, 2.24) is 15.1 Å². The van der Waals surface area contributed by atoms with Crippen molar-refractivity contribution in [2.75, 3.05) is 33.9 Å². The van der Waals surface area contributed by atoms with E-state index < -0.39 is 17.7 Å². The fourth-order valence-electron chi connectivity index (χ4n) is 4.18. The molecular weight excluding hydrogens is 426 g/mol. The molecule has 0 saturated carbocycles. The highest BCUT2D eigenvalue weighted by Crippen LogP contribution is 2.28. The highest BCUT2D eigenvalue weighted by molar-refractivity contribution is 6.22. The third kappa shape index (κ3) is 4.39. The molecule has 1 N–H and O–H groups in total. The second-order valence-electron chi connectivity index (χ2n) is 7.95. The lowest BCUT2D eigenvalue weighted by Gasteiger charge is -2.32. The minimum atomic E-state index is -0.457. The van der Waals surface area contributed by atoms with Crippen LogP contribution in [-0.4, -0.2) is 73.3 Å². The molecule has 4 amide bonds. The molecule has 0 bridgehead atoms. The van der Waals surface area contributed by atoms with Crippen molar-refractivity contribution in [2.24, 2.45) is 0 Å². The summed E-state index contributed by atoms with van der Waals surface area (Å²) in [6.07, 6.45) is 1.15. The molecule has 9 heteroatoms. The molecule has 1 saturated heterocycles. The summed E-state index contributed by atoms with van der Waals surface area (Å²) in [5.41, 5.74) is 1.13. The van der Waals surface area contributed by atoms with Gasteiger partial charge in [0.1, 0.15) is 6.54 Å². The molecule has 0 atom stereocenters. The number of likely N-dealkylation sites (tertiary alicyclic amines) is 1. The number of piperidine rings is 1. The first-order valence-electron chi connectivity index (χ1n) is 10.7. The second kappa shape index (κ2) is 9.32. The highest BCUT2D eigenvalue weighted by atomic mass is 16.5. The van der Waals surface area contributed by atoms with E-state index in [0.717, 1.165) is 4.90 Å². The van der Waals surface area contributed by atoms with E-state index in [-0.39, 0.29) is 18.5 Å². The number of hydrogen-bond donors (Lipinski definition) is 1. The lowest BCUT2D eigenvalue weighted by molar-refractivity contribution is -0.122. The fraction of sp³-hybridized carbons (Fsp3) is 0.333. The van der Waals surface area contributed by atoms with Crippen molar-refractivity contribution in [3.63, 3.8) is 0 Å². The summed E-state index contributed by atoms with van der Waals surface area (Å²) in [4.78, 5) is 53.0. The summed E-state index contributed by atoms with van der Waals surface area (Å²) < 4.78 is 10.5. The van der Waals surface area contributed by atoms with Gasteiger partial charge in [0.05, 0.1) is 25.3 Å². The van der Waals surface area contributed by atoms with Gasteiger partial charge < -0.3 is 19.7 Å². The van der Waals surface area contributed by atoms with Crippen molar-refractivity contribution >= 4 is 23.6 Å². The van der Waals surface area contributed by atoms with Crippen molar-refractivity contribution in [3.8, 4) is 11.5 Å². The largest absolute Gasteiger partial charge is 0.493 e. The van der Waals surface area contributed by atoms with Crippen LogP contribution in [0.25, 0.3) is 0 Å². The van der Waals surface area contributed by atoms with Gasteiger partial charge in [-0.3, -0.25) is 24.1 Å². The van der Waals surface area contributed by atoms with Crippen LogP contribution in [0.4, 0.5) is 0 Å². The normalized spacial score (nSPS) is 15.9. The zero-order valence-corrected chi connectivity index (χ0v) is 18.5. The zero-order chi connectivity index (χ0) is 23.5. The molecule has 0 unspecified atom stereocenters. The molecule has 0 spiro atoms. The van der Waals surface area contributed by atoms with Crippen LogP contribution in [0.15, 0.2) is 42.5 Å². The number of methoxy groups -OCH3 is 2. The molecule has 2 aromatic rings. The van der Waals surface area contributed by atoms with E-state index in [0.29, 0.717) is 54.1 Å². The quantitative estimate of drug-likeness (QED) is 0.671. The first-order chi connectivity index (χ1) is 15.9. The van der Waals surface area contributed by atoms with Crippen LogP contribution in [0.3, 0.4) is 0 Å². The molecule has 2 heterocycles. The number of carbonyl (C=O) groups is 4. The van der Waals surface area contributed by atoms with E-state index in [9.17, 15) is 19.2 Å². The Morgan fingerprint density at radius 1 is 0.939 bits per heavy atom. The monoisotopic (exact) mass is 451 g/mol. The Balaban J connectivity index is 1.30. The lowest BCUT2D eigenvalue weighted by Crippen LogP contribution is -2.49. The summed E-state index contributed by atoms with van der Waals surface area (Å²) >= 11 is 0. The maximum Gasteiger partial charge on any atom is 0.262 e. The van der Waals surface area contributed by atoms with E-state index in [1.807, 2.05) is 0 Å². The van der Waals surface area contributed by atoms with Gasteiger partial charge in [0, 0.05) is 24.7 Å². The molecule has 0 radical (unpaired) electrons. The summed E-state index contributed by atoms with van der Waals surface area (Å²) in [6.45, 7) is 0.632. The molecule has 172 valence electrons. The minimum Gasteiger partial charge on any atom is -0.493 e. The Bertz CT molecular complexity index is 1070. The Labute approximate surface area is 191 Å². The van der Waals surface area contributed by atoms with Gasteiger partial charge in [-0.15, -0.1) is 0 Å². The van der Waals surface area contributed by atoms with Gasteiger partial charge in [0.25, 0.3) is 17.7 Å². The predicted molar refractivity (Wildman–Crippen MR) is 118 cm³/mol. The maximum absolute atomic E-state index is 12.9. The number of fused-ring (bicyclic) bond motifs is 1. The lowest BCUT2D eigenvalue weighted by atomic mass is 10.0. The number of ether oxygens (including phenoxy) is 2. The van der Waals surface area contributed by atoms with E-state index in [4.69, 9.17) is 9.47 Å². The molecule has 1 fully saturated rings. The number of imide groups is 1. The number of hydrogen-bond acceptors (Lipinski definition) is 6. The summed E-state index contributed by atoms with van der Waals surface area (Å²) in [5, 5.41) is 2.89. The second-order valence-corrected chi connectivity index (χ2v) is 7.95. The highest BCUT2D eigenvalue weighted by Gasteiger charge is 2.36. The number of rotatable bonds is 6. The predicted octanol–water partition coefficient (Wildman–Crippen LogP) is 1.72. The van der Waals surface area contributed by atoms with Crippen LogP contribution in [-0.2, 0) is 4.79 Å². The van der Waals surface area contributed by atoms with Crippen LogP contribution < -0.4 is 14.8 Å². The van der Waals surface area contributed by atoms with E-state index in [1.54, 1.807) is 47.4 Å². The molecule has 9 nitrogen and oxygen atoms in total. The fourth-order valence-corrected chi connectivity index (χ4v) is 4.18. The zero-order valence-electron chi connectivity index (χ0n) is 18.5. The standard InChI is InChI=1S/C24H25N3O6/c1-32-19-8-7-15(13-20(19)33-2)22(29)26-11-9-16(10-12-26)25-21(28)14-27-23(30)17-5-3-4-6-18(17)24(27)31/h3-8,13,16H,9-12,14H2,1-2H3,(H,25,28). The smallest absolute Gasteiger partial charge is 0.262 e. The Morgan fingerprint density at radius 3 is 2.12 bits per heavy atom. The van der Waals surface area contributed by atoms with E-state index in [2.05, 4.69) is 5.32 Å². The first kappa shape index (κ1) is 22.3. The molecule has 0 aliphatic carbocycles. The molecule has 0 aromatic heterocycles. The number of amides is 4.